The van der Waals surface area contributed by atoms with E-state index in [1.54, 1.807) is 12.0 Å². The Kier molecular flexibility index (Phi) is 9.91. The van der Waals surface area contributed by atoms with Gasteiger partial charge in [-0.2, -0.15) is 0 Å². The van der Waals surface area contributed by atoms with Gasteiger partial charge in [0.2, 0.25) is 11.8 Å². The highest BCUT2D eigenvalue weighted by atomic mass is 16.5. The van der Waals surface area contributed by atoms with Gasteiger partial charge >= 0.3 is 0 Å². The Morgan fingerprint density at radius 1 is 0.886 bits per heavy atom. The zero-order valence-electron chi connectivity index (χ0n) is 20.9. The second kappa shape index (κ2) is 13.3. The van der Waals surface area contributed by atoms with Crippen LogP contribution in [0.2, 0.25) is 0 Å². The summed E-state index contributed by atoms with van der Waals surface area (Å²) < 4.78 is 5.38. The van der Waals surface area contributed by atoms with Gasteiger partial charge in [-0.15, -0.1) is 0 Å². The summed E-state index contributed by atoms with van der Waals surface area (Å²) >= 11 is 0. The molecule has 0 fully saturated rings. The number of ether oxygens (including phenoxy) is 1. The molecule has 0 heterocycles. The molecule has 0 aliphatic rings. The first-order valence-corrected chi connectivity index (χ1v) is 12.4. The molecule has 3 aromatic rings. The predicted molar refractivity (Wildman–Crippen MR) is 140 cm³/mol. The molecule has 0 radical (unpaired) electrons. The lowest BCUT2D eigenvalue weighted by Gasteiger charge is -2.32. The molecular formula is C30H36N2O3. The molecule has 0 saturated heterocycles. The van der Waals surface area contributed by atoms with Crippen LogP contribution in [0, 0.1) is 0 Å². The fourth-order valence-corrected chi connectivity index (χ4v) is 4.34. The molecule has 184 valence electrons. The Morgan fingerprint density at radius 3 is 2.06 bits per heavy atom. The van der Waals surface area contributed by atoms with E-state index in [2.05, 4.69) is 29.6 Å². The van der Waals surface area contributed by atoms with Crippen LogP contribution in [0.1, 0.15) is 55.7 Å². The minimum Gasteiger partial charge on any atom is -0.497 e. The van der Waals surface area contributed by atoms with Crippen molar-refractivity contribution >= 4 is 11.8 Å². The lowest BCUT2D eigenvalue weighted by Crippen LogP contribution is -2.49. The summed E-state index contributed by atoms with van der Waals surface area (Å²) in [5.74, 6) is 0.462. The number of methoxy groups -OCH3 is 1. The molecule has 0 saturated carbocycles. The van der Waals surface area contributed by atoms with Crippen LogP contribution in [0.5, 0.6) is 5.75 Å². The van der Waals surface area contributed by atoms with Crippen molar-refractivity contribution < 1.29 is 14.3 Å². The third kappa shape index (κ3) is 7.19. The molecule has 5 heteroatoms. The van der Waals surface area contributed by atoms with Crippen molar-refractivity contribution in [2.45, 2.75) is 51.6 Å². The van der Waals surface area contributed by atoms with E-state index < -0.39 is 6.04 Å². The molecule has 0 spiro atoms. The maximum atomic E-state index is 14.0. The van der Waals surface area contributed by atoms with Crippen molar-refractivity contribution in [1.29, 1.82) is 0 Å². The number of hydrogen-bond donors (Lipinski definition) is 1. The molecule has 0 unspecified atom stereocenters. The van der Waals surface area contributed by atoms with E-state index in [1.165, 1.54) is 0 Å². The number of carbonyl (C=O) groups is 2. The van der Waals surface area contributed by atoms with E-state index in [0.717, 1.165) is 28.9 Å². The van der Waals surface area contributed by atoms with Crippen LogP contribution in [0.25, 0.3) is 0 Å². The first kappa shape index (κ1) is 26.0. The Bertz CT molecular complexity index is 1030. The summed E-state index contributed by atoms with van der Waals surface area (Å²) in [7, 11) is 1.62. The van der Waals surface area contributed by atoms with Gasteiger partial charge in [0.25, 0.3) is 0 Å². The number of amides is 2. The lowest BCUT2D eigenvalue weighted by molar-refractivity contribution is -0.141. The van der Waals surface area contributed by atoms with E-state index in [9.17, 15) is 9.59 Å². The summed E-state index contributed by atoms with van der Waals surface area (Å²) in [6, 6.07) is 27.3. The largest absolute Gasteiger partial charge is 0.497 e. The number of benzene rings is 3. The highest BCUT2D eigenvalue weighted by Gasteiger charge is 2.30. The maximum Gasteiger partial charge on any atom is 0.242 e. The molecule has 0 bridgehead atoms. The third-order valence-electron chi connectivity index (χ3n) is 6.20. The molecule has 1 atom stereocenters. The Hall–Kier alpha value is -3.60. The number of carbonyl (C=O) groups excluding carboxylic acids is 2. The number of nitrogens with one attached hydrogen (secondary N) is 1. The van der Waals surface area contributed by atoms with Crippen molar-refractivity contribution in [3.8, 4) is 5.75 Å². The van der Waals surface area contributed by atoms with Gasteiger partial charge in [-0.25, -0.2) is 0 Å². The van der Waals surface area contributed by atoms with Crippen LogP contribution < -0.4 is 10.1 Å². The standard InChI is InChI=1S/C30H36N2O3/c1-4-19-31-30(34)28(5-2)32(22-23-13-12-18-26(20-23)35-3)29(33)21-27(24-14-8-6-9-15-24)25-16-10-7-11-17-25/h6-18,20,27-28H,4-5,19,21-22H2,1-3H3,(H,31,34)/t28-/m1/s1. The summed E-state index contributed by atoms with van der Waals surface area (Å²) in [5.41, 5.74) is 3.09. The van der Waals surface area contributed by atoms with Crippen LogP contribution >= 0.6 is 0 Å². The average Bonchev–Trinajstić information content (AvgIpc) is 2.91. The van der Waals surface area contributed by atoms with E-state index in [1.807, 2.05) is 74.5 Å². The summed E-state index contributed by atoms with van der Waals surface area (Å²) in [4.78, 5) is 28.8. The molecule has 1 N–H and O–H groups in total. The fraction of sp³-hybridized carbons (Fsp3) is 0.333. The van der Waals surface area contributed by atoms with Gasteiger partial charge in [0.1, 0.15) is 11.8 Å². The second-order valence-electron chi connectivity index (χ2n) is 8.67. The zero-order valence-corrected chi connectivity index (χ0v) is 20.9. The molecule has 35 heavy (non-hydrogen) atoms. The van der Waals surface area contributed by atoms with E-state index in [0.29, 0.717) is 19.5 Å². The molecule has 3 rings (SSSR count). The highest BCUT2D eigenvalue weighted by molar-refractivity contribution is 5.88. The van der Waals surface area contributed by atoms with E-state index in [4.69, 9.17) is 4.74 Å². The van der Waals surface area contributed by atoms with Crippen molar-refractivity contribution in [3.63, 3.8) is 0 Å². The molecule has 2 amide bonds. The number of hydrogen-bond acceptors (Lipinski definition) is 3. The quantitative estimate of drug-likeness (QED) is 0.376. The maximum absolute atomic E-state index is 14.0. The van der Waals surface area contributed by atoms with Crippen molar-refractivity contribution in [2.75, 3.05) is 13.7 Å². The van der Waals surface area contributed by atoms with Gasteiger partial charge in [0.15, 0.2) is 0 Å². The zero-order chi connectivity index (χ0) is 25.0. The lowest BCUT2D eigenvalue weighted by atomic mass is 9.88. The monoisotopic (exact) mass is 472 g/mol. The number of rotatable bonds is 12. The molecule has 0 aliphatic heterocycles. The van der Waals surface area contributed by atoms with Gasteiger partial charge in [0.05, 0.1) is 7.11 Å². The van der Waals surface area contributed by atoms with Crippen LogP contribution in [-0.2, 0) is 16.1 Å². The summed E-state index contributed by atoms with van der Waals surface area (Å²) in [6.45, 7) is 4.90. The third-order valence-corrected chi connectivity index (χ3v) is 6.20. The van der Waals surface area contributed by atoms with Crippen molar-refractivity contribution in [3.05, 3.63) is 102 Å². The summed E-state index contributed by atoms with van der Waals surface area (Å²) in [5, 5.41) is 2.99. The minimum absolute atomic E-state index is 0.0518. The smallest absolute Gasteiger partial charge is 0.242 e. The van der Waals surface area contributed by atoms with Gasteiger partial charge in [-0.3, -0.25) is 9.59 Å². The fourth-order valence-electron chi connectivity index (χ4n) is 4.34. The molecular weight excluding hydrogens is 436 g/mol. The molecule has 3 aromatic carbocycles. The first-order chi connectivity index (χ1) is 17.1. The number of nitrogens with zero attached hydrogens (tertiary/aromatic N) is 1. The topological polar surface area (TPSA) is 58.6 Å². The van der Waals surface area contributed by atoms with Gasteiger partial charge in [-0.05, 0) is 41.7 Å². The van der Waals surface area contributed by atoms with E-state index in [-0.39, 0.29) is 24.2 Å². The summed E-state index contributed by atoms with van der Waals surface area (Å²) in [6.07, 6.45) is 1.65. The van der Waals surface area contributed by atoms with Crippen LogP contribution in [0.3, 0.4) is 0 Å². The normalized spacial score (nSPS) is 11.7. The molecule has 0 aromatic heterocycles. The van der Waals surface area contributed by atoms with Gasteiger partial charge < -0.3 is 15.0 Å². The van der Waals surface area contributed by atoms with Crippen LogP contribution in [0.15, 0.2) is 84.9 Å². The van der Waals surface area contributed by atoms with Crippen molar-refractivity contribution in [1.82, 2.24) is 10.2 Å². The van der Waals surface area contributed by atoms with Gasteiger partial charge in [0, 0.05) is 25.4 Å². The SMILES string of the molecule is CCCNC(=O)[C@@H](CC)N(Cc1cccc(OC)c1)C(=O)CC(c1ccccc1)c1ccccc1. The van der Waals surface area contributed by atoms with Gasteiger partial charge in [-0.1, -0.05) is 86.6 Å². The molecule has 0 aliphatic carbocycles. The predicted octanol–water partition coefficient (Wildman–Crippen LogP) is 5.55. The Morgan fingerprint density at radius 2 is 1.51 bits per heavy atom. The molecule has 5 nitrogen and oxygen atoms in total. The Balaban J connectivity index is 1.95. The van der Waals surface area contributed by atoms with E-state index >= 15 is 0 Å². The second-order valence-corrected chi connectivity index (χ2v) is 8.67. The highest BCUT2D eigenvalue weighted by Crippen LogP contribution is 2.30. The van der Waals surface area contributed by atoms with Crippen molar-refractivity contribution in [2.24, 2.45) is 0 Å². The average molecular weight is 473 g/mol. The van der Waals surface area contributed by atoms with Crippen LogP contribution in [0.4, 0.5) is 0 Å². The minimum atomic E-state index is -0.549. The Labute approximate surface area is 209 Å². The van der Waals surface area contributed by atoms with Crippen LogP contribution in [-0.4, -0.2) is 36.4 Å². The first-order valence-electron chi connectivity index (χ1n) is 12.4.